The van der Waals surface area contributed by atoms with Crippen molar-refractivity contribution in [2.45, 2.75) is 31.1 Å². The van der Waals surface area contributed by atoms with Gasteiger partial charge in [0, 0.05) is 7.11 Å². The van der Waals surface area contributed by atoms with Crippen LogP contribution in [0.4, 0.5) is 11.1 Å². The zero-order valence-electron chi connectivity index (χ0n) is 13.1. The van der Waals surface area contributed by atoms with Gasteiger partial charge in [-0.3, -0.25) is 14.7 Å². The summed E-state index contributed by atoms with van der Waals surface area (Å²) in [5, 5.41) is 28.4. The van der Waals surface area contributed by atoms with Crippen LogP contribution in [-0.4, -0.2) is 43.7 Å². The molecule has 0 aromatic carbocycles. The molecule has 0 aliphatic carbocycles. The first-order valence-corrected chi connectivity index (χ1v) is 8.73. The molecule has 3 N–H and O–H groups in total. The van der Waals surface area contributed by atoms with Gasteiger partial charge >= 0.3 is 0 Å². The van der Waals surface area contributed by atoms with Gasteiger partial charge in [-0.25, -0.2) is 0 Å². The fraction of sp³-hybridized carbons (Fsp3) is 0.500. The van der Waals surface area contributed by atoms with Crippen LogP contribution in [0.3, 0.4) is 0 Å². The van der Waals surface area contributed by atoms with Gasteiger partial charge in [0.25, 0.3) is 0 Å². The van der Waals surface area contributed by atoms with E-state index in [0.29, 0.717) is 28.3 Å². The van der Waals surface area contributed by atoms with Crippen molar-refractivity contribution < 1.29 is 9.53 Å². The lowest BCUT2D eigenvalue weighted by atomic mass is 10.2. The van der Waals surface area contributed by atoms with Gasteiger partial charge in [0.05, 0.1) is 11.8 Å². The quantitative estimate of drug-likeness (QED) is 0.653. The van der Waals surface area contributed by atoms with Crippen LogP contribution in [0.2, 0.25) is 0 Å². The van der Waals surface area contributed by atoms with Crippen LogP contribution in [0, 0.1) is 11.3 Å². The summed E-state index contributed by atoms with van der Waals surface area (Å²) in [5.74, 6) is 0.00478. The lowest BCUT2D eigenvalue weighted by Gasteiger charge is -2.17. The predicted molar refractivity (Wildman–Crippen MR) is 89.4 cm³/mol. The number of hydrogen-bond donors (Lipinski definition) is 2. The van der Waals surface area contributed by atoms with Gasteiger partial charge in [-0.2, -0.15) is 5.26 Å². The number of nitrogens with one attached hydrogen (secondary N) is 1. The predicted octanol–water partition coefficient (Wildman–Crippen LogP) is 1.06. The van der Waals surface area contributed by atoms with E-state index in [1.54, 1.807) is 7.11 Å². The summed E-state index contributed by atoms with van der Waals surface area (Å²) >= 11 is 2.41. The van der Waals surface area contributed by atoms with E-state index in [9.17, 15) is 4.79 Å². The summed E-state index contributed by atoms with van der Waals surface area (Å²) in [4.78, 5) is 12.6. The molecule has 0 fully saturated rings. The van der Waals surface area contributed by atoms with Crippen LogP contribution in [-0.2, 0) is 16.1 Å². The lowest BCUT2D eigenvalue weighted by Crippen LogP contribution is -2.27. The Morgan fingerprint density at radius 1 is 1.50 bits per heavy atom. The zero-order chi connectivity index (χ0) is 17.5. The molecule has 2 aromatic rings. The van der Waals surface area contributed by atoms with Crippen LogP contribution in [0.5, 0.6) is 0 Å². The van der Waals surface area contributed by atoms with E-state index in [1.165, 1.54) is 27.7 Å². The first-order valence-electron chi connectivity index (χ1n) is 6.93. The molecule has 24 heavy (non-hydrogen) atoms. The standard InChI is InChI=1S/C12H16N8O2S2/c1-3-7(20-10(14)17-19-12(20)23-5-4-13)9(21)15-11-18-16-8(24-11)6-22-2/h7H,3,5-6H2,1-2H3,(H2,14,17)(H,15,18,21). The highest BCUT2D eigenvalue weighted by Crippen LogP contribution is 2.26. The van der Waals surface area contributed by atoms with E-state index in [1.807, 2.05) is 13.0 Å². The summed E-state index contributed by atoms with van der Waals surface area (Å²) in [7, 11) is 1.56. The van der Waals surface area contributed by atoms with Crippen LogP contribution >= 0.6 is 23.1 Å². The molecule has 0 aliphatic rings. The molecule has 0 saturated heterocycles. The number of nitrogens with zero attached hydrogens (tertiary/aromatic N) is 6. The average Bonchev–Trinajstić information content (AvgIpc) is 3.14. The minimum absolute atomic E-state index is 0.120. The molecule has 0 bridgehead atoms. The van der Waals surface area contributed by atoms with Gasteiger partial charge in [0.1, 0.15) is 17.7 Å². The Kier molecular flexibility index (Phi) is 6.47. The number of carbonyl (C=O) groups is 1. The Morgan fingerprint density at radius 3 is 2.96 bits per heavy atom. The van der Waals surface area contributed by atoms with E-state index in [0.717, 1.165) is 0 Å². The maximum atomic E-state index is 12.6. The molecule has 0 aliphatic heterocycles. The lowest BCUT2D eigenvalue weighted by molar-refractivity contribution is -0.119. The maximum Gasteiger partial charge on any atom is 0.249 e. The Balaban J connectivity index is 2.16. The van der Waals surface area contributed by atoms with E-state index in [4.69, 9.17) is 15.7 Å². The van der Waals surface area contributed by atoms with Crippen LogP contribution in [0.25, 0.3) is 0 Å². The maximum absolute atomic E-state index is 12.6. The van der Waals surface area contributed by atoms with Gasteiger partial charge in [0.2, 0.25) is 17.0 Å². The number of rotatable bonds is 8. The normalized spacial score (nSPS) is 11.9. The molecule has 128 valence electrons. The molecular formula is C12H16N8O2S2. The molecule has 2 heterocycles. The fourth-order valence-electron chi connectivity index (χ4n) is 1.94. The van der Waals surface area contributed by atoms with E-state index in [-0.39, 0.29) is 17.6 Å². The van der Waals surface area contributed by atoms with Crippen molar-refractivity contribution in [1.82, 2.24) is 25.0 Å². The number of thioether (sulfide) groups is 1. The number of methoxy groups -OCH3 is 1. The number of nitriles is 1. The van der Waals surface area contributed by atoms with Crippen LogP contribution in [0.15, 0.2) is 5.16 Å². The zero-order valence-corrected chi connectivity index (χ0v) is 14.7. The SMILES string of the molecule is CCC(C(=O)Nc1nnc(COC)s1)n1c(N)nnc1SCC#N. The third-order valence-corrected chi connectivity index (χ3v) is 4.54. The summed E-state index contributed by atoms with van der Waals surface area (Å²) < 4.78 is 6.49. The Hall–Kier alpha value is -2.23. The van der Waals surface area contributed by atoms with Gasteiger partial charge in [-0.15, -0.1) is 20.4 Å². The molecule has 0 saturated carbocycles. The molecule has 1 unspecified atom stereocenters. The second-order valence-corrected chi connectivity index (χ2v) is 6.51. The second-order valence-electron chi connectivity index (χ2n) is 4.50. The Morgan fingerprint density at radius 2 is 2.29 bits per heavy atom. The van der Waals surface area contributed by atoms with E-state index < -0.39 is 6.04 Å². The number of nitrogen functional groups attached to an aromatic ring is 1. The highest BCUT2D eigenvalue weighted by atomic mass is 32.2. The Bertz CT molecular complexity index is 738. The third-order valence-electron chi connectivity index (χ3n) is 2.92. The van der Waals surface area contributed by atoms with Crippen molar-refractivity contribution >= 4 is 40.1 Å². The molecule has 0 radical (unpaired) electrons. The highest BCUT2D eigenvalue weighted by molar-refractivity contribution is 7.99. The molecule has 1 amide bonds. The van der Waals surface area contributed by atoms with Crippen molar-refractivity contribution in [1.29, 1.82) is 5.26 Å². The van der Waals surface area contributed by atoms with Crippen molar-refractivity contribution in [2.75, 3.05) is 23.9 Å². The highest BCUT2D eigenvalue weighted by Gasteiger charge is 2.25. The molecule has 2 aromatic heterocycles. The van der Waals surface area contributed by atoms with Crippen LogP contribution in [0.1, 0.15) is 24.4 Å². The largest absolute Gasteiger partial charge is 0.377 e. The molecule has 12 heteroatoms. The molecule has 1 atom stereocenters. The van der Waals surface area contributed by atoms with Crippen molar-refractivity contribution in [3.8, 4) is 6.07 Å². The molecule has 2 rings (SSSR count). The van der Waals surface area contributed by atoms with Gasteiger partial charge < -0.3 is 10.5 Å². The molecule has 10 nitrogen and oxygen atoms in total. The monoisotopic (exact) mass is 368 g/mol. The van der Waals surface area contributed by atoms with Crippen molar-refractivity contribution in [3.05, 3.63) is 5.01 Å². The van der Waals surface area contributed by atoms with Crippen LogP contribution < -0.4 is 11.1 Å². The Labute approximate surface area is 146 Å². The number of nitrogens with two attached hydrogens (primary N) is 1. The smallest absolute Gasteiger partial charge is 0.249 e. The number of anilines is 2. The number of aromatic nitrogens is 5. The summed E-state index contributed by atoms with van der Waals surface area (Å²) in [6, 6.07) is 1.39. The minimum Gasteiger partial charge on any atom is -0.377 e. The molecule has 0 spiro atoms. The van der Waals surface area contributed by atoms with Gasteiger partial charge in [-0.1, -0.05) is 30.0 Å². The fourth-order valence-corrected chi connectivity index (χ4v) is 3.30. The number of amides is 1. The average molecular weight is 368 g/mol. The number of ether oxygens (including phenoxy) is 1. The van der Waals surface area contributed by atoms with E-state index >= 15 is 0 Å². The number of carbonyl (C=O) groups excluding carboxylic acids is 1. The van der Waals surface area contributed by atoms with Gasteiger partial charge in [-0.05, 0) is 6.42 Å². The van der Waals surface area contributed by atoms with Crippen molar-refractivity contribution in [2.24, 2.45) is 0 Å². The molecular weight excluding hydrogens is 352 g/mol. The van der Waals surface area contributed by atoms with Crippen molar-refractivity contribution in [3.63, 3.8) is 0 Å². The summed E-state index contributed by atoms with van der Waals surface area (Å²) in [6.45, 7) is 2.18. The summed E-state index contributed by atoms with van der Waals surface area (Å²) in [5.41, 5.74) is 5.84. The third kappa shape index (κ3) is 4.19. The summed E-state index contributed by atoms with van der Waals surface area (Å²) in [6.07, 6.45) is 0.470. The van der Waals surface area contributed by atoms with E-state index in [2.05, 4.69) is 25.7 Å². The topological polar surface area (TPSA) is 145 Å². The minimum atomic E-state index is -0.615. The number of hydrogen-bond acceptors (Lipinski definition) is 10. The van der Waals surface area contributed by atoms with Gasteiger partial charge in [0.15, 0.2) is 5.16 Å². The first kappa shape index (κ1) is 18.1. The second kappa shape index (κ2) is 8.57. The first-order chi connectivity index (χ1) is 11.6.